The molecule has 1 saturated heterocycles. The Bertz CT molecular complexity index is 591. The van der Waals surface area contributed by atoms with Crippen LogP contribution in [0.25, 0.3) is 0 Å². The van der Waals surface area contributed by atoms with Gasteiger partial charge in [-0.15, -0.1) is 12.4 Å². The molecule has 2 rings (SSSR count). The summed E-state index contributed by atoms with van der Waals surface area (Å²) in [7, 11) is -3.37. The van der Waals surface area contributed by atoms with Gasteiger partial charge in [0.25, 0.3) is 0 Å². The summed E-state index contributed by atoms with van der Waals surface area (Å²) in [6, 6.07) is 5.93. The fourth-order valence-electron chi connectivity index (χ4n) is 2.37. The van der Waals surface area contributed by atoms with Crippen LogP contribution in [0.2, 0.25) is 0 Å². The maximum absolute atomic E-state index is 12.2. The third-order valence-corrected chi connectivity index (χ3v) is 5.71. The Hall–Kier alpha value is -0.630. The zero-order valence-corrected chi connectivity index (χ0v) is 14.5. The van der Waals surface area contributed by atoms with Crippen LogP contribution < -0.4 is 0 Å². The summed E-state index contributed by atoms with van der Waals surface area (Å²) in [5.41, 5.74) is 0. The average molecular weight is 399 g/mol. The summed E-state index contributed by atoms with van der Waals surface area (Å²) < 4.78 is 25.2. The molecule has 1 aliphatic rings. The van der Waals surface area contributed by atoms with Crippen LogP contribution in [-0.4, -0.2) is 49.3 Å². The molecule has 1 aromatic rings. The van der Waals surface area contributed by atoms with Gasteiger partial charge in [-0.2, -0.15) is 0 Å². The maximum atomic E-state index is 12.2. The summed E-state index contributed by atoms with van der Waals surface area (Å²) >= 11 is 3.26. The predicted molar refractivity (Wildman–Crippen MR) is 85.7 cm³/mol. The number of hydrogen-bond acceptors (Lipinski definition) is 4. The second-order valence-corrected chi connectivity index (χ2v) is 7.83. The second-order valence-electron chi connectivity index (χ2n) is 4.81. The molecule has 0 bridgehead atoms. The maximum Gasteiger partial charge on any atom is 0.320 e. The molecule has 1 aliphatic heterocycles. The Morgan fingerprint density at radius 1 is 1.33 bits per heavy atom. The first-order chi connectivity index (χ1) is 9.40. The fourth-order valence-corrected chi connectivity index (χ4v) is 3.90. The van der Waals surface area contributed by atoms with Crippen LogP contribution in [0.1, 0.15) is 12.8 Å². The van der Waals surface area contributed by atoms with Crippen LogP contribution >= 0.6 is 28.3 Å². The van der Waals surface area contributed by atoms with Crippen molar-refractivity contribution in [1.82, 2.24) is 4.90 Å². The molecule has 0 aliphatic carbocycles. The zero-order chi connectivity index (χ0) is 14.8. The van der Waals surface area contributed by atoms with Gasteiger partial charge in [-0.1, -0.05) is 15.9 Å². The highest BCUT2D eigenvalue weighted by molar-refractivity contribution is 9.10. The van der Waals surface area contributed by atoms with Crippen LogP contribution in [0.5, 0.6) is 0 Å². The lowest BCUT2D eigenvalue weighted by Gasteiger charge is -2.20. The number of carboxylic acid groups (broad SMARTS) is 1. The van der Waals surface area contributed by atoms with Crippen LogP contribution in [-0.2, 0) is 14.6 Å². The monoisotopic (exact) mass is 397 g/mol. The SMILES string of the molecule is Cl.O=C(O)[C@H]1CCCN1CCS(=O)(=O)c1ccc(Br)cc1. The van der Waals surface area contributed by atoms with Crippen LogP contribution in [0.4, 0.5) is 0 Å². The highest BCUT2D eigenvalue weighted by Crippen LogP contribution is 2.19. The predicted octanol–water partition coefficient (Wildman–Crippen LogP) is 2.19. The van der Waals surface area contributed by atoms with Gasteiger partial charge in [0.05, 0.1) is 10.6 Å². The van der Waals surface area contributed by atoms with E-state index in [1.165, 1.54) is 0 Å². The lowest BCUT2D eigenvalue weighted by Crippen LogP contribution is -2.38. The topological polar surface area (TPSA) is 74.7 Å². The first-order valence-corrected chi connectivity index (χ1v) is 8.80. The van der Waals surface area contributed by atoms with Crippen molar-refractivity contribution >= 4 is 44.1 Å². The van der Waals surface area contributed by atoms with Crippen molar-refractivity contribution in [2.75, 3.05) is 18.8 Å². The number of sulfone groups is 1. The largest absolute Gasteiger partial charge is 0.480 e. The van der Waals surface area contributed by atoms with Crippen molar-refractivity contribution in [1.29, 1.82) is 0 Å². The van der Waals surface area contributed by atoms with E-state index in [0.717, 1.165) is 10.9 Å². The minimum atomic E-state index is -3.37. The van der Waals surface area contributed by atoms with E-state index in [0.29, 0.717) is 13.0 Å². The summed E-state index contributed by atoms with van der Waals surface area (Å²) in [6.07, 6.45) is 1.39. The average Bonchev–Trinajstić information content (AvgIpc) is 2.85. The molecule has 1 aromatic carbocycles. The third kappa shape index (κ3) is 4.67. The van der Waals surface area contributed by atoms with Crippen LogP contribution in [0.3, 0.4) is 0 Å². The number of halogens is 2. The van der Waals surface area contributed by atoms with Gasteiger partial charge < -0.3 is 5.11 Å². The van der Waals surface area contributed by atoms with Gasteiger partial charge >= 0.3 is 5.97 Å². The Balaban J connectivity index is 0.00000220. The number of carbonyl (C=O) groups is 1. The van der Waals surface area contributed by atoms with E-state index in [1.807, 2.05) is 0 Å². The first-order valence-electron chi connectivity index (χ1n) is 6.35. The van der Waals surface area contributed by atoms with Gasteiger partial charge in [-0.05, 0) is 43.7 Å². The van der Waals surface area contributed by atoms with E-state index < -0.39 is 21.8 Å². The number of rotatable bonds is 5. The summed E-state index contributed by atoms with van der Waals surface area (Å²) in [5.74, 6) is -0.929. The third-order valence-electron chi connectivity index (χ3n) is 3.47. The van der Waals surface area contributed by atoms with Gasteiger partial charge in [-0.25, -0.2) is 8.42 Å². The van der Waals surface area contributed by atoms with Crippen LogP contribution in [0, 0.1) is 0 Å². The van der Waals surface area contributed by atoms with Crippen molar-refractivity contribution in [3.05, 3.63) is 28.7 Å². The molecule has 0 unspecified atom stereocenters. The van der Waals surface area contributed by atoms with E-state index >= 15 is 0 Å². The quantitative estimate of drug-likeness (QED) is 0.823. The van der Waals surface area contributed by atoms with Gasteiger partial charge in [0.15, 0.2) is 9.84 Å². The van der Waals surface area contributed by atoms with E-state index in [2.05, 4.69) is 15.9 Å². The Kier molecular flexibility index (Phi) is 6.65. The number of hydrogen-bond donors (Lipinski definition) is 1. The molecule has 118 valence electrons. The van der Waals surface area contributed by atoms with Gasteiger partial charge in [0.2, 0.25) is 0 Å². The van der Waals surface area contributed by atoms with E-state index in [1.54, 1.807) is 29.2 Å². The lowest BCUT2D eigenvalue weighted by molar-refractivity contribution is -0.142. The van der Waals surface area contributed by atoms with Crippen molar-refractivity contribution in [2.45, 2.75) is 23.8 Å². The molecule has 1 N–H and O–H groups in total. The summed E-state index contributed by atoms with van der Waals surface area (Å²) in [5, 5.41) is 9.06. The molecule has 0 radical (unpaired) electrons. The van der Waals surface area contributed by atoms with Gasteiger partial charge in [0.1, 0.15) is 6.04 Å². The van der Waals surface area contributed by atoms with Crippen molar-refractivity contribution in [2.24, 2.45) is 0 Å². The van der Waals surface area contributed by atoms with Crippen molar-refractivity contribution in [3.8, 4) is 0 Å². The molecular formula is C13H17BrClNO4S. The van der Waals surface area contributed by atoms with Crippen molar-refractivity contribution in [3.63, 3.8) is 0 Å². The number of aliphatic carboxylic acids is 1. The molecular weight excluding hydrogens is 382 g/mol. The Morgan fingerprint density at radius 2 is 1.95 bits per heavy atom. The molecule has 0 saturated carbocycles. The highest BCUT2D eigenvalue weighted by Gasteiger charge is 2.31. The fraction of sp³-hybridized carbons (Fsp3) is 0.462. The molecule has 0 aromatic heterocycles. The van der Waals surface area contributed by atoms with Gasteiger partial charge in [-0.3, -0.25) is 9.69 Å². The molecule has 0 amide bonds. The minimum Gasteiger partial charge on any atom is -0.480 e. The zero-order valence-electron chi connectivity index (χ0n) is 11.2. The first kappa shape index (κ1) is 18.4. The standard InChI is InChI=1S/C13H16BrNO4S.ClH/c14-10-3-5-11(6-4-10)20(18,19)9-8-15-7-1-2-12(15)13(16)17;/h3-6,12H,1-2,7-9H2,(H,16,17);1H/t12-;/m1./s1. The van der Waals surface area contributed by atoms with Crippen molar-refractivity contribution < 1.29 is 18.3 Å². The Labute approximate surface area is 138 Å². The minimum absolute atomic E-state index is 0. The van der Waals surface area contributed by atoms with E-state index in [9.17, 15) is 13.2 Å². The number of likely N-dealkylation sites (tertiary alicyclic amines) is 1. The lowest BCUT2D eigenvalue weighted by atomic mass is 10.2. The van der Waals surface area contributed by atoms with Crippen LogP contribution in [0.15, 0.2) is 33.6 Å². The number of carboxylic acids is 1. The summed E-state index contributed by atoms with van der Waals surface area (Å²) in [6.45, 7) is 0.905. The van der Waals surface area contributed by atoms with E-state index in [-0.39, 0.29) is 29.6 Å². The highest BCUT2D eigenvalue weighted by atomic mass is 79.9. The van der Waals surface area contributed by atoms with Gasteiger partial charge in [0, 0.05) is 11.0 Å². The smallest absolute Gasteiger partial charge is 0.320 e. The molecule has 1 heterocycles. The second kappa shape index (κ2) is 7.58. The summed E-state index contributed by atoms with van der Waals surface area (Å²) in [4.78, 5) is 13.1. The number of benzene rings is 1. The molecule has 1 fully saturated rings. The molecule has 8 heteroatoms. The Morgan fingerprint density at radius 3 is 2.52 bits per heavy atom. The number of nitrogens with zero attached hydrogens (tertiary/aromatic N) is 1. The van der Waals surface area contributed by atoms with E-state index in [4.69, 9.17) is 5.11 Å². The molecule has 0 spiro atoms. The molecule has 1 atom stereocenters. The normalized spacial score (nSPS) is 19.2. The molecule has 5 nitrogen and oxygen atoms in total. The molecule has 21 heavy (non-hydrogen) atoms.